The van der Waals surface area contributed by atoms with Gasteiger partial charge in [-0.05, 0) is 19.4 Å². The smallest absolute Gasteiger partial charge is 0.316 e. The van der Waals surface area contributed by atoms with Crippen LogP contribution in [0.3, 0.4) is 0 Å². The van der Waals surface area contributed by atoms with Crippen molar-refractivity contribution in [2.45, 2.75) is 33.3 Å². The maximum atomic E-state index is 12.2. The van der Waals surface area contributed by atoms with Gasteiger partial charge in [0.2, 0.25) is 0 Å². The third kappa shape index (κ3) is 2.38. The predicted octanol–water partition coefficient (Wildman–Crippen LogP) is 1.64. The molecule has 0 bridgehead atoms. The van der Waals surface area contributed by atoms with Crippen molar-refractivity contribution in [3.8, 4) is 0 Å². The molecule has 0 radical (unpaired) electrons. The molecule has 1 N–H and O–H groups in total. The van der Waals surface area contributed by atoms with Crippen LogP contribution in [0.2, 0.25) is 0 Å². The van der Waals surface area contributed by atoms with E-state index in [0.717, 1.165) is 0 Å². The molecular formula is C14H20O4. The molecule has 0 aromatic heterocycles. The molecule has 4 nitrogen and oxygen atoms in total. The molecular weight excluding hydrogens is 232 g/mol. The number of rotatable bonds is 4. The molecule has 0 heterocycles. The van der Waals surface area contributed by atoms with E-state index in [1.165, 1.54) is 6.08 Å². The third-order valence-electron chi connectivity index (χ3n) is 3.14. The molecule has 0 fully saturated rings. The summed E-state index contributed by atoms with van der Waals surface area (Å²) in [6, 6.07) is 0. The quantitative estimate of drug-likeness (QED) is 0.772. The first-order valence-electron chi connectivity index (χ1n) is 6.14. The summed E-state index contributed by atoms with van der Waals surface area (Å²) in [7, 11) is 0. The average Bonchev–Trinajstić information content (AvgIpc) is 2.31. The van der Waals surface area contributed by atoms with E-state index in [1.807, 2.05) is 0 Å². The number of allylic oxidation sites excluding steroid dienone is 2. The highest BCUT2D eigenvalue weighted by atomic mass is 16.5. The van der Waals surface area contributed by atoms with E-state index in [4.69, 9.17) is 4.74 Å². The predicted molar refractivity (Wildman–Crippen MR) is 67.8 cm³/mol. The summed E-state index contributed by atoms with van der Waals surface area (Å²) in [5.74, 6) is -2.25. The van der Waals surface area contributed by atoms with Crippen LogP contribution in [0.1, 0.15) is 27.7 Å². The van der Waals surface area contributed by atoms with Crippen LogP contribution in [-0.4, -0.2) is 29.1 Å². The number of hydrogen-bond donors (Lipinski definition) is 1. The van der Waals surface area contributed by atoms with Gasteiger partial charge in [-0.3, -0.25) is 9.59 Å². The number of carbonyl (C=O) groups excluding carboxylic acids is 2. The summed E-state index contributed by atoms with van der Waals surface area (Å²) in [5.41, 5.74) is -1.31. The monoisotopic (exact) mass is 252 g/mol. The summed E-state index contributed by atoms with van der Waals surface area (Å²) < 4.78 is 4.93. The fourth-order valence-electron chi connectivity index (χ4n) is 2.09. The Morgan fingerprint density at radius 2 is 2.11 bits per heavy atom. The van der Waals surface area contributed by atoms with Crippen molar-refractivity contribution in [2.24, 2.45) is 11.8 Å². The summed E-state index contributed by atoms with van der Waals surface area (Å²) in [6.45, 7) is 6.96. The molecule has 0 saturated carbocycles. The first kappa shape index (κ1) is 14.6. The van der Waals surface area contributed by atoms with Gasteiger partial charge in [0.1, 0.15) is 5.92 Å². The van der Waals surface area contributed by atoms with Crippen LogP contribution in [0, 0.1) is 11.8 Å². The van der Waals surface area contributed by atoms with Crippen molar-refractivity contribution in [1.82, 2.24) is 0 Å². The van der Waals surface area contributed by atoms with E-state index in [1.54, 1.807) is 39.8 Å². The lowest BCUT2D eigenvalue weighted by molar-refractivity contribution is -0.160. The Morgan fingerprint density at radius 1 is 1.50 bits per heavy atom. The van der Waals surface area contributed by atoms with Crippen molar-refractivity contribution >= 4 is 11.8 Å². The summed E-state index contributed by atoms with van der Waals surface area (Å²) in [6.07, 6.45) is 4.83. The lowest BCUT2D eigenvalue weighted by Crippen LogP contribution is -2.52. The van der Waals surface area contributed by atoms with Crippen LogP contribution in [0.5, 0.6) is 0 Å². The molecule has 0 aliphatic heterocycles. The number of ketones is 1. The molecule has 1 rings (SSSR count). The summed E-state index contributed by atoms with van der Waals surface area (Å²) in [5, 5.41) is 10.7. The van der Waals surface area contributed by atoms with Crippen LogP contribution in [0.4, 0.5) is 0 Å². The third-order valence-corrected chi connectivity index (χ3v) is 3.14. The molecule has 0 aromatic rings. The number of carbonyl (C=O) groups is 2. The van der Waals surface area contributed by atoms with Gasteiger partial charge in [0.25, 0.3) is 0 Å². The van der Waals surface area contributed by atoms with Gasteiger partial charge in [-0.1, -0.05) is 32.1 Å². The second kappa shape index (κ2) is 5.48. The Kier molecular flexibility index (Phi) is 4.46. The Bertz CT molecular complexity index is 406. The van der Waals surface area contributed by atoms with Crippen LogP contribution < -0.4 is 0 Å². The molecule has 0 amide bonds. The Labute approximate surface area is 107 Å². The van der Waals surface area contributed by atoms with Crippen LogP contribution in [0.25, 0.3) is 0 Å². The van der Waals surface area contributed by atoms with Gasteiger partial charge in [0.15, 0.2) is 11.4 Å². The minimum Gasteiger partial charge on any atom is -0.465 e. The molecule has 18 heavy (non-hydrogen) atoms. The standard InChI is InChI=1S/C14H20O4/c1-5-18-13(16)11-8-6-7-10(4)14(11,17)12(15)9(2)3/h6-9,11,17H,5H2,1-4H3. The van der Waals surface area contributed by atoms with E-state index in [-0.39, 0.29) is 18.3 Å². The van der Waals surface area contributed by atoms with Gasteiger partial charge < -0.3 is 9.84 Å². The molecule has 4 heteroatoms. The highest BCUT2D eigenvalue weighted by molar-refractivity contribution is 5.97. The number of hydrogen-bond acceptors (Lipinski definition) is 4. The van der Waals surface area contributed by atoms with E-state index < -0.39 is 17.5 Å². The van der Waals surface area contributed by atoms with Crippen molar-refractivity contribution in [2.75, 3.05) is 6.61 Å². The number of aliphatic hydroxyl groups is 1. The number of ether oxygens (including phenoxy) is 1. The van der Waals surface area contributed by atoms with Gasteiger partial charge in [0, 0.05) is 5.92 Å². The zero-order valence-electron chi connectivity index (χ0n) is 11.3. The first-order chi connectivity index (χ1) is 8.35. The lowest BCUT2D eigenvalue weighted by Gasteiger charge is -2.35. The Morgan fingerprint density at radius 3 is 2.61 bits per heavy atom. The van der Waals surface area contributed by atoms with Gasteiger partial charge in [-0.25, -0.2) is 0 Å². The molecule has 1 aliphatic carbocycles. The largest absolute Gasteiger partial charge is 0.465 e. The molecule has 2 unspecified atom stereocenters. The minimum atomic E-state index is -1.78. The fourth-order valence-corrected chi connectivity index (χ4v) is 2.09. The first-order valence-corrected chi connectivity index (χ1v) is 6.14. The molecule has 0 saturated heterocycles. The maximum absolute atomic E-state index is 12.2. The van der Waals surface area contributed by atoms with Gasteiger partial charge >= 0.3 is 5.97 Å². The fraction of sp³-hybridized carbons (Fsp3) is 0.571. The van der Waals surface area contributed by atoms with Crippen LogP contribution in [0.15, 0.2) is 23.8 Å². The van der Waals surface area contributed by atoms with Gasteiger partial charge in [0.05, 0.1) is 6.61 Å². The normalized spacial score (nSPS) is 27.0. The summed E-state index contributed by atoms with van der Waals surface area (Å²) >= 11 is 0. The second-order valence-electron chi connectivity index (χ2n) is 4.75. The van der Waals surface area contributed by atoms with Gasteiger partial charge in [-0.15, -0.1) is 0 Å². The Hall–Kier alpha value is -1.42. The van der Waals surface area contributed by atoms with Crippen molar-refractivity contribution in [3.63, 3.8) is 0 Å². The van der Waals surface area contributed by atoms with E-state index >= 15 is 0 Å². The highest BCUT2D eigenvalue weighted by Gasteiger charge is 2.49. The SMILES string of the molecule is CCOC(=O)C1C=CC=C(C)C1(O)C(=O)C(C)C. The molecule has 1 aliphatic rings. The molecule has 0 aromatic carbocycles. The van der Waals surface area contributed by atoms with E-state index in [2.05, 4.69) is 0 Å². The number of esters is 1. The number of Topliss-reactive ketones (excluding diaryl/α,β-unsaturated/α-hetero) is 1. The zero-order chi connectivity index (χ0) is 13.9. The highest BCUT2D eigenvalue weighted by Crippen LogP contribution is 2.34. The topological polar surface area (TPSA) is 63.6 Å². The van der Waals surface area contributed by atoms with Crippen LogP contribution >= 0.6 is 0 Å². The Balaban J connectivity index is 3.16. The van der Waals surface area contributed by atoms with Crippen LogP contribution in [-0.2, 0) is 14.3 Å². The van der Waals surface area contributed by atoms with Gasteiger partial charge in [-0.2, -0.15) is 0 Å². The zero-order valence-corrected chi connectivity index (χ0v) is 11.3. The minimum absolute atomic E-state index is 0.220. The lowest BCUT2D eigenvalue weighted by atomic mass is 9.72. The molecule has 0 spiro atoms. The van der Waals surface area contributed by atoms with E-state index in [9.17, 15) is 14.7 Å². The summed E-state index contributed by atoms with van der Waals surface area (Å²) in [4.78, 5) is 24.1. The molecule has 100 valence electrons. The maximum Gasteiger partial charge on any atom is 0.316 e. The van der Waals surface area contributed by atoms with E-state index in [0.29, 0.717) is 5.57 Å². The van der Waals surface area contributed by atoms with Crippen molar-refractivity contribution < 1.29 is 19.4 Å². The van der Waals surface area contributed by atoms with Crippen molar-refractivity contribution in [3.05, 3.63) is 23.8 Å². The second-order valence-corrected chi connectivity index (χ2v) is 4.75. The average molecular weight is 252 g/mol. The molecule has 2 atom stereocenters. The van der Waals surface area contributed by atoms with Crippen molar-refractivity contribution in [1.29, 1.82) is 0 Å².